The normalized spacial score (nSPS) is 10.8. The molecule has 0 unspecified atom stereocenters. The summed E-state index contributed by atoms with van der Waals surface area (Å²) < 4.78 is 39.7. The highest BCUT2D eigenvalue weighted by atomic mass is 19.4. The van der Waals surface area contributed by atoms with Crippen LogP contribution in [-0.2, 0) is 6.18 Å². The minimum Gasteiger partial charge on any atom is -0.357 e. The summed E-state index contributed by atoms with van der Waals surface area (Å²) >= 11 is 0. The molecular weight excluding hydrogens is 361 g/mol. The minimum absolute atomic E-state index is 0.00435. The molecule has 0 aliphatic rings. The molecule has 0 bridgehead atoms. The van der Waals surface area contributed by atoms with Gasteiger partial charge in [0.15, 0.2) is 5.69 Å². The van der Waals surface area contributed by atoms with Gasteiger partial charge >= 0.3 is 11.9 Å². The summed E-state index contributed by atoms with van der Waals surface area (Å²) in [6.07, 6.45) is -5.21. The lowest BCUT2D eigenvalue weighted by Gasteiger charge is -2.24. The fourth-order valence-corrected chi connectivity index (χ4v) is 2.30. The number of nitrogens with zero attached hydrogens (tertiary/aromatic N) is 6. The van der Waals surface area contributed by atoms with E-state index < -0.39 is 44.3 Å². The summed E-state index contributed by atoms with van der Waals surface area (Å²) in [5, 5.41) is 25.6. The Morgan fingerprint density at radius 1 is 1.38 bits per heavy atom. The summed E-state index contributed by atoms with van der Waals surface area (Å²) in [4.78, 5) is 23.7. The molecule has 0 N–H and O–H groups in total. The predicted octanol–water partition coefficient (Wildman–Crippen LogP) is 4.87. The highest BCUT2D eigenvalue weighted by molar-refractivity contribution is 5.86. The van der Waals surface area contributed by atoms with Crippen LogP contribution in [0.1, 0.15) is 19.4 Å². The first kappa shape index (κ1) is 20.7. The molecule has 140 valence electrons. The second-order valence-electron chi connectivity index (χ2n) is 5.16. The second-order valence-corrected chi connectivity index (χ2v) is 5.16. The van der Waals surface area contributed by atoms with Crippen LogP contribution >= 0.6 is 0 Å². The van der Waals surface area contributed by atoms with Gasteiger partial charge in [-0.25, -0.2) is 0 Å². The van der Waals surface area contributed by atoms with Crippen LogP contribution in [0.2, 0.25) is 0 Å². The van der Waals surface area contributed by atoms with E-state index in [1.54, 1.807) is 6.92 Å². The molecule has 0 amide bonds. The average molecular weight is 374 g/mol. The lowest BCUT2D eigenvalue weighted by molar-refractivity contribution is -0.392. The first-order chi connectivity index (χ1) is 11.9. The van der Waals surface area contributed by atoms with Gasteiger partial charge in [0.2, 0.25) is 0 Å². The van der Waals surface area contributed by atoms with E-state index in [9.17, 15) is 33.4 Å². The molecule has 0 heterocycles. The molecule has 0 atom stereocenters. The van der Waals surface area contributed by atoms with E-state index in [0.717, 1.165) is 4.90 Å². The first-order valence-corrected chi connectivity index (χ1v) is 6.97. The van der Waals surface area contributed by atoms with Crippen molar-refractivity contribution in [2.45, 2.75) is 20.0 Å². The quantitative estimate of drug-likeness (QED) is 0.167. The minimum atomic E-state index is -5.21. The van der Waals surface area contributed by atoms with Crippen molar-refractivity contribution in [3.8, 4) is 0 Å². The number of nitro benzene ring substituents is 2. The van der Waals surface area contributed by atoms with Gasteiger partial charge in [-0.1, -0.05) is 17.3 Å². The van der Waals surface area contributed by atoms with Crippen LogP contribution in [0, 0.1) is 20.2 Å². The van der Waals surface area contributed by atoms with Gasteiger partial charge in [0.05, 0.1) is 15.4 Å². The lowest BCUT2D eigenvalue weighted by atomic mass is 10.1. The fourth-order valence-electron chi connectivity index (χ4n) is 2.30. The average Bonchev–Trinajstić information content (AvgIpc) is 2.50. The third kappa shape index (κ3) is 4.19. The molecule has 1 rings (SSSR count). The van der Waals surface area contributed by atoms with Crippen molar-refractivity contribution in [1.82, 2.24) is 0 Å². The van der Waals surface area contributed by atoms with Crippen LogP contribution in [0.25, 0.3) is 10.4 Å². The zero-order valence-corrected chi connectivity index (χ0v) is 13.6. The third-order valence-corrected chi connectivity index (χ3v) is 3.22. The number of hydrogen-bond donors (Lipinski definition) is 0. The Bertz CT molecular complexity index is 817. The molecule has 0 spiro atoms. The molecule has 0 radical (unpaired) electrons. The van der Waals surface area contributed by atoms with E-state index in [2.05, 4.69) is 16.6 Å². The third-order valence-electron chi connectivity index (χ3n) is 3.22. The summed E-state index contributed by atoms with van der Waals surface area (Å²) in [7, 11) is 0. The number of hydrogen-bond acceptors (Lipinski definition) is 6. The summed E-state index contributed by atoms with van der Waals surface area (Å²) in [6.45, 7) is 6.54. The number of benzene rings is 1. The smallest absolute Gasteiger partial charge is 0.357 e. The summed E-state index contributed by atoms with van der Waals surface area (Å²) in [6, 6.07) is 0.132. The van der Waals surface area contributed by atoms with E-state index in [1.165, 1.54) is 6.92 Å². The van der Waals surface area contributed by atoms with Crippen LogP contribution in [0.15, 0.2) is 23.3 Å². The fraction of sp³-hybridized carbons (Fsp3) is 0.385. The number of nitro groups is 2. The molecule has 1 aromatic carbocycles. The van der Waals surface area contributed by atoms with Gasteiger partial charge in [-0.2, -0.15) is 13.2 Å². The highest BCUT2D eigenvalue weighted by Crippen LogP contribution is 2.51. The maximum Gasteiger partial charge on any atom is 0.417 e. The number of rotatable bonds is 7. The van der Waals surface area contributed by atoms with Gasteiger partial charge in [0.1, 0.15) is 5.69 Å². The van der Waals surface area contributed by atoms with E-state index >= 15 is 0 Å². The SMILES string of the molecule is C=C(C)CN(CC)c1c([N+](=O)[O-])cc(C(F)(F)F)c(N=[N+]=[N-])c1[N+](=O)[O-]. The van der Waals surface area contributed by atoms with Crippen molar-refractivity contribution in [3.05, 3.63) is 54.5 Å². The molecule has 0 saturated heterocycles. The van der Waals surface area contributed by atoms with Crippen molar-refractivity contribution in [2.24, 2.45) is 5.11 Å². The van der Waals surface area contributed by atoms with Gasteiger partial charge in [0.25, 0.3) is 5.69 Å². The monoisotopic (exact) mass is 374 g/mol. The van der Waals surface area contributed by atoms with E-state index in [-0.39, 0.29) is 19.2 Å². The van der Waals surface area contributed by atoms with E-state index in [1.807, 2.05) is 0 Å². The molecule has 0 saturated carbocycles. The second kappa shape index (κ2) is 7.70. The standard InChI is InChI=1S/C13H13F3N6O4/c1-4-20(6-7(2)3)11-9(21(23)24)5-8(13(14,15)16)10(18-19-17)12(11)22(25)26/h5H,2,4,6H2,1,3H3. The van der Waals surface area contributed by atoms with Crippen molar-refractivity contribution in [3.63, 3.8) is 0 Å². The van der Waals surface area contributed by atoms with Crippen molar-refractivity contribution >= 4 is 22.7 Å². The molecule has 0 aromatic heterocycles. The Morgan fingerprint density at radius 3 is 2.31 bits per heavy atom. The zero-order valence-electron chi connectivity index (χ0n) is 13.6. The summed E-state index contributed by atoms with van der Waals surface area (Å²) in [5.74, 6) is 0. The maximum absolute atomic E-state index is 13.2. The number of alkyl halides is 3. The number of azide groups is 1. The van der Waals surface area contributed by atoms with Gasteiger partial charge in [-0.05, 0) is 19.4 Å². The van der Waals surface area contributed by atoms with Crippen LogP contribution in [-0.4, -0.2) is 22.9 Å². The van der Waals surface area contributed by atoms with Gasteiger partial charge in [-0.3, -0.25) is 20.2 Å². The predicted molar refractivity (Wildman–Crippen MR) is 86.3 cm³/mol. The Kier molecular flexibility index (Phi) is 6.13. The molecular formula is C13H13F3N6O4. The Labute approximate surface area is 144 Å². The lowest BCUT2D eigenvalue weighted by Crippen LogP contribution is -2.26. The molecule has 1 aromatic rings. The maximum atomic E-state index is 13.2. The zero-order chi connectivity index (χ0) is 20.2. The number of anilines is 1. The molecule has 26 heavy (non-hydrogen) atoms. The molecule has 13 heteroatoms. The molecule has 0 fully saturated rings. The van der Waals surface area contributed by atoms with Crippen molar-refractivity contribution < 1.29 is 23.0 Å². The van der Waals surface area contributed by atoms with E-state index in [4.69, 9.17) is 5.53 Å². The van der Waals surface area contributed by atoms with Crippen molar-refractivity contribution in [1.29, 1.82) is 0 Å². The van der Waals surface area contributed by atoms with Crippen molar-refractivity contribution in [2.75, 3.05) is 18.0 Å². The summed E-state index contributed by atoms with van der Waals surface area (Å²) in [5.41, 5.74) is 2.82. The van der Waals surface area contributed by atoms with Gasteiger partial charge < -0.3 is 4.90 Å². The van der Waals surface area contributed by atoms with Gasteiger partial charge in [-0.15, -0.1) is 0 Å². The highest BCUT2D eigenvalue weighted by Gasteiger charge is 2.43. The first-order valence-electron chi connectivity index (χ1n) is 6.97. The molecule has 0 aliphatic carbocycles. The largest absolute Gasteiger partial charge is 0.417 e. The van der Waals surface area contributed by atoms with E-state index in [0.29, 0.717) is 5.57 Å². The Balaban J connectivity index is 4.12. The number of likely N-dealkylation sites (N-methyl/N-ethyl adjacent to an activating group) is 1. The topological polar surface area (TPSA) is 138 Å². The van der Waals surface area contributed by atoms with Crippen LogP contribution in [0.3, 0.4) is 0 Å². The van der Waals surface area contributed by atoms with Crippen LogP contribution in [0.5, 0.6) is 0 Å². The van der Waals surface area contributed by atoms with Crippen LogP contribution < -0.4 is 4.90 Å². The molecule has 10 nitrogen and oxygen atoms in total. The number of halogens is 3. The Hall–Kier alpha value is -3.34. The van der Waals surface area contributed by atoms with Gasteiger partial charge in [0, 0.05) is 24.1 Å². The van der Waals surface area contributed by atoms with Crippen LogP contribution in [0.4, 0.5) is 35.9 Å². The molecule has 0 aliphatic heterocycles. The Morgan fingerprint density at radius 2 is 1.96 bits per heavy atom.